The molecule has 5 nitrogen and oxygen atoms in total. The molecule has 1 aliphatic heterocycles. The first-order valence-corrected chi connectivity index (χ1v) is 8.14. The Bertz CT molecular complexity index is 591. The van der Waals surface area contributed by atoms with Crippen molar-refractivity contribution < 1.29 is 0 Å². The second-order valence-corrected chi connectivity index (χ2v) is 5.92. The lowest BCUT2D eigenvalue weighted by Gasteiger charge is -2.19. The molecule has 1 N–H and O–H groups in total. The van der Waals surface area contributed by atoms with Crippen LogP contribution in [0.15, 0.2) is 18.6 Å². The zero-order valence-electron chi connectivity index (χ0n) is 13.0. The molecule has 0 radical (unpaired) electrons. The number of rotatable bonds is 6. The Hall–Kier alpha value is -1.78. The van der Waals surface area contributed by atoms with Crippen LogP contribution in [-0.2, 0) is 0 Å². The molecule has 2 aromatic heterocycles. The Morgan fingerprint density at radius 2 is 2.24 bits per heavy atom. The van der Waals surface area contributed by atoms with Gasteiger partial charge < -0.3 is 14.6 Å². The van der Waals surface area contributed by atoms with Crippen LogP contribution in [0.5, 0.6) is 0 Å². The number of anilines is 2. The Labute approximate surface area is 126 Å². The van der Waals surface area contributed by atoms with E-state index in [1.807, 2.05) is 18.6 Å². The lowest BCUT2D eigenvalue weighted by molar-refractivity contribution is 0.529. The van der Waals surface area contributed by atoms with Crippen molar-refractivity contribution >= 4 is 17.3 Å². The maximum atomic E-state index is 4.82. The quantitative estimate of drug-likeness (QED) is 0.886. The summed E-state index contributed by atoms with van der Waals surface area (Å²) < 4.78 is 2.08. The minimum absolute atomic E-state index is 0.805. The summed E-state index contributed by atoms with van der Waals surface area (Å²) in [7, 11) is 0. The molecule has 0 bridgehead atoms. The van der Waals surface area contributed by atoms with Crippen LogP contribution < -0.4 is 10.2 Å². The van der Waals surface area contributed by atoms with Gasteiger partial charge in [0.25, 0.3) is 0 Å². The van der Waals surface area contributed by atoms with Gasteiger partial charge in [-0.3, -0.25) is 0 Å². The molecule has 5 heteroatoms. The lowest BCUT2D eigenvalue weighted by atomic mass is 10.0. The number of hydrogen-bond acceptors (Lipinski definition) is 4. The third-order valence-corrected chi connectivity index (χ3v) is 4.19. The van der Waals surface area contributed by atoms with E-state index in [1.54, 1.807) is 0 Å². The fourth-order valence-electron chi connectivity index (χ4n) is 3.13. The van der Waals surface area contributed by atoms with Crippen LogP contribution in [0, 0.1) is 5.92 Å². The van der Waals surface area contributed by atoms with E-state index >= 15 is 0 Å². The van der Waals surface area contributed by atoms with Gasteiger partial charge >= 0.3 is 0 Å². The Morgan fingerprint density at radius 3 is 3.05 bits per heavy atom. The third kappa shape index (κ3) is 2.96. The van der Waals surface area contributed by atoms with E-state index in [2.05, 4.69) is 33.4 Å². The van der Waals surface area contributed by atoms with Crippen molar-refractivity contribution in [1.82, 2.24) is 14.4 Å². The SMILES string of the molecule is CCCNc1cn2ccnc2c(N2CCC(CCC)C2)n1. The number of imidazole rings is 1. The highest BCUT2D eigenvalue weighted by Gasteiger charge is 2.25. The lowest BCUT2D eigenvalue weighted by Crippen LogP contribution is -2.22. The van der Waals surface area contributed by atoms with E-state index < -0.39 is 0 Å². The van der Waals surface area contributed by atoms with Crippen LogP contribution in [0.1, 0.15) is 39.5 Å². The summed E-state index contributed by atoms with van der Waals surface area (Å²) in [4.78, 5) is 11.7. The number of nitrogens with one attached hydrogen (secondary N) is 1. The summed E-state index contributed by atoms with van der Waals surface area (Å²) in [6.07, 6.45) is 10.8. The normalized spacial score (nSPS) is 18.6. The molecule has 1 unspecified atom stereocenters. The second-order valence-electron chi connectivity index (χ2n) is 5.92. The van der Waals surface area contributed by atoms with Gasteiger partial charge in [0.2, 0.25) is 0 Å². The van der Waals surface area contributed by atoms with Crippen molar-refractivity contribution in [3.05, 3.63) is 18.6 Å². The number of fused-ring (bicyclic) bond motifs is 1. The summed E-state index contributed by atoms with van der Waals surface area (Å²) in [6, 6.07) is 0. The van der Waals surface area contributed by atoms with E-state index in [0.717, 1.165) is 49.3 Å². The van der Waals surface area contributed by atoms with E-state index in [-0.39, 0.29) is 0 Å². The highest BCUT2D eigenvalue weighted by Crippen LogP contribution is 2.28. The molecule has 3 rings (SSSR count). The molecule has 2 aromatic rings. The molecule has 0 spiro atoms. The molecule has 0 aromatic carbocycles. The van der Waals surface area contributed by atoms with E-state index in [4.69, 9.17) is 4.98 Å². The fourth-order valence-corrected chi connectivity index (χ4v) is 3.13. The predicted molar refractivity (Wildman–Crippen MR) is 87.0 cm³/mol. The largest absolute Gasteiger partial charge is 0.369 e. The minimum Gasteiger partial charge on any atom is -0.369 e. The molecule has 1 aliphatic rings. The molecule has 1 atom stereocenters. The molecule has 114 valence electrons. The molecule has 1 saturated heterocycles. The molecule has 0 amide bonds. The minimum atomic E-state index is 0.805. The highest BCUT2D eigenvalue weighted by molar-refractivity contribution is 5.67. The highest BCUT2D eigenvalue weighted by atomic mass is 15.3. The van der Waals surface area contributed by atoms with E-state index in [1.165, 1.54) is 19.3 Å². The van der Waals surface area contributed by atoms with Crippen LogP contribution in [0.25, 0.3) is 5.65 Å². The van der Waals surface area contributed by atoms with E-state index in [0.29, 0.717) is 0 Å². The predicted octanol–water partition coefficient (Wildman–Crippen LogP) is 3.18. The van der Waals surface area contributed by atoms with Gasteiger partial charge in [0.05, 0.1) is 6.20 Å². The Balaban J connectivity index is 1.87. The fraction of sp³-hybridized carbons (Fsp3) is 0.625. The second kappa shape index (κ2) is 6.33. The van der Waals surface area contributed by atoms with Gasteiger partial charge in [-0.05, 0) is 25.2 Å². The molecule has 3 heterocycles. The molecule has 1 fully saturated rings. The van der Waals surface area contributed by atoms with Gasteiger partial charge in [0.15, 0.2) is 11.5 Å². The van der Waals surface area contributed by atoms with Gasteiger partial charge in [0.1, 0.15) is 5.82 Å². The maximum Gasteiger partial charge on any atom is 0.180 e. The van der Waals surface area contributed by atoms with Gasteiger partial charge in [-0.2, -0.15) is 0 Å². The zero-order valence-corrected chi connectivity index (χ0v) is 13.0. The average molecular weight is 287 g/mol. The van der Waals surface area contributed by atoms with Crippen LogP contribution in [-0.4, -0.2) is 34.0 Å². The van der Waals surface area contributed by atoms with Crippen LogP contribution >= 0.6 is 0 Å². The van der Waals surface area contributed by atoms with Crippen LogP contribution in [0.2, 0.25) is 0 Å². The first kappa shape index (κ1) is 14.2. The van der Waals surface area contributed by atoms with Gasteiger partial charge in [0, 0.05) is 32.0 Å². The zero-order chi connectivity index (χ0) is 14.7. The van der Waals surface area contributed by atoms with Crippen molar-refractivity contribution in [3.8, 4) is 0 Å². The molecular formula is C16H25N5. The first-order valence-electron chi connectivity index (χ1n) is 8.14. The summed E-state index contributed by atoms with van der Waals surface area (Å²) in [5, 5.41) is 3.39. The molecule has 0 saturated carbocycles. The third-order valence-electron chi connectivity index (χ3n) is 4.19. The van der Waals surface area contributed by atoms with E-state index in [9.17, 15) is 0 Å². The number of aromatic nitrogens is 3. The van der Waals surface area contributed by atoms with Gasteiger partial charge in [-0.25, -0.2) is 9.97 Å². The first-order chi connectivity index (χ1) is 10.3. The van der Waals surface area contributed by atoms with Crippen molar-refractivity contribution in [1.29, 1.82) is 0 Å². The molecule has 21 heavy (non-hydrogen) atoms. The van der Waals surface area contributed by atoms with Crippen LogP contribution in [0.4, 0.5) is 11.6 Å². The molecule has 0 aliphatic carbocycles. The average Bonchev–Trinajstić information content (AvgIpc) is 3.13. The summed E-state index contributed by atoms with van der Waals surface area (Å²) in [5.74, 6) is 2.77. The van der Waals surface area contributed by atoms with Crippen molar-refractivity contribution in [3.63, 3.8) is 0 Å². The van der Waals surface area contributed by atoms with Crippen molar-refractivity contribution in [2.24, 2.45) is 5.92 Å². The summed E-state index contributed by atoms with van der Waals surface area (Å²) in [6.45, 7) is 7.59. The standard InChI is InChI=1S/C16H25N5/c1-3-5-13-6-9-20(11-13)16-15-18-8-10-21(15)12-14(19-16)17-7-4-2/h8,10,12-13,17H,3-7,9,11H2,1-2H3. The van der Waals surface area contributed by atoms with Crippen molar-refractivity contribution in [2.75, 3.05) is 29.9 Å². The number of hydrogen-bond donors (Lipinski definition) is 1. The van der Waals surface area contributed by atoms with Gasteiger partial charge in [-0.15, -0.1) is 0 Å². The van der Waals surface area contributed by atoms with Crippen LogP contribution in [0.3, 0.4) is 0 Å². The topological polar surface area (TPSA) is 45.5 Å². The monoisotopic (exact) mass is 287 g/mol. The summed E-state index contributed by atoms with van der Waals surface area (Å²) in [5.41, 5.74) is 0.967. The Morgan fingerprint density at radius 1 is 1.33 bits per heavy atom. The smallest absolute Gasteiger partial charge is 0.180 e. The number of nitrogens with zero attached hydrogens (tertiary/aromatic N) is 4. The van der Waals surface area contributed by atoms with Gasteiger partial charge in [-0.1, -0.05) is 20.3 Å². The Kier molecular flexibility index (Phi) is 4.27. The van der Waals surface area contributed by atoms with Crippen molar-refractivity contribution in [2.45, 2.75) is 39.5 Å². The summed E-state index contributed by atoms with van der Waals surface area (Å²) >= 11 is 0. The maximum absolute atomic E-state index is 4.82. The molecular weight excluding hydrogens is 262 g/mol.